The Hall–Kier alpha value is -0.780. The third-order valence-electron chi connectivity index (χ3n) is 2.71. The number of carbonyl (C=O) groups excluding carboxylic acids is 1. The first kappa shape index (κ1) is 13.6. The number of rotatable bonds is 3. The number of methoxy groups -OCH3 is 1. The molecular formula is C12H12ClNO2S2. The number of halogens is 1. The van der Waals surface area contributed by atoms with Crippen molar-refractivity contribution in [3.63, 3.8) is 0 Å². The molecular weight excluding hydrogens is 290 g/mol. The SMILES string of the molecule is COC(=O)[C@@H]1CSC(=S)N1Cc1ccc(Cl)cc1. The number of hydrogen-bond acceptors (Lipinski definition) is 4. The summed E-state index contributed by atoms with van der Waals surface area (Å²) in [5.74, 6) is 0.412. The monoisotopic (exact) mass is 301 g/mol. The van der Waals surface area contributed by atoms with Crippen LogP contribution in [0.4, 0.5) is 0 Å². The normalized spacial score (nSPS) is 19.1. The summed E-state index contributed by atoms with van der Waals surface area (Å²) >= 11 is 12.6. The molecule has 0 aliphatic carbocycles. The number of thiocarbonyl (C=S) groups is 1. The lowest BCUT2D eigenvalue weighted by atomic mass is 10.2. The van der Waals surface area contributed by atoms with Crippen LogP contribution in [0.5, 0.6) is 0 Å². The summed E-state index contributed by atoms with van der Waals surface area (Å²) in [6, 6.07) is 7.24. The molecule has 0 unspecified atom stereocenters. The van der Waals surface area contributed by atoms with E-state index in [-0.39, 0.29) is 12.0 Å². The number of carbonyl (C=O) groups is 1. The minimum absolute atomic E-state index is 0.240. The lowest BCUT2D eigenvalue weighted by Crippen LogP contribution is -2.39. The summed E-state index contributed by atoms with van der Waals surface area (Å²) in [5, 5.41) is 0.696. The van der Waals surface area contributed by atoms with Crippen molar-refractivity contribution in [2.24, 2.45) is 0 Å². The van der Waals surface area contributed by atoms with Gasteiger partial charge in [0.1, 0.15) is 10.4 Å². The molecule has 6 heteroatoms. The predicted molar refractivity (Wildman–Crippen MR) is 77.9 cm³/mol. The molecule has 2 rings (SSSR count). The molecule has 1 atom stereocenters. The van der Waals surface area contributed by atoms with Gasteiger partial charge in [0.15, 0.2) is 0 Å². The maximum absolute atomic E-state index is 11.7. The fourth-order valence-electron chi connectivity index (χ4n) is 1.74. The Balaban J connectivity index is 2.12. The van der Waals surface area contributed by atoms with Gasteiger partial charge in [0.25, 0.3) is 0 Å². The first-order valence-electron chi connectivity index (χ1n) is 5.37. The number of ether oxygens (including phenoxy) is 1. The summed E-state index contributed by atoms with van der Waals surface area (Å²) < 4.78 is 5.53. The molecule has 0 saturated carbocycles. The van der Waals surface area contributed by atoms with E-state index in [0.717, 1.165) is 9.88 Å². The zero-order chi connectivity index (χ0) is 13.1. The number of thioether (sulfide) groups is 1. The van der Waals surface area contributed by atoms with E-state index in [1.165, 1.54) is 18.9 Å². The van der Waals surface area contributed by atoms with Crippen LogP contribution in [-0.2, 0) is 16.1 Å². The van der Waals surface area contributed by atoms with E-state index in [4.69, 9.17) is 28.6 Å². The summed E-state index contributed by atoms with van der Waals surface area (Å²) in [4.78, 5) is 13.6. The van der Waals surface area contributed by atoms with Crippen LogP contribution in [-0.4, -0.2) is 34.1 Å². The quantitative estimate of drug-likeness (QED) is 0.632. The molecule has 18 heavy (non-hydrogen) atoms. The molecule has 0 radical (unpaired) electrons. The Bertz CT molecular complexity index is 464. The third-order valence-corrected chi connectivity index (χ3v) is 4.52. The van der Waals surface area contributed by atoms with Crippen LogP contribution in [0.25, 0.3) is 0 Å². The van der Waals surface area contributed by atoms with Gasteiger partial charge in [-0.2, -0.15) is 0 Å². The van der Waals surface area contributed by atoms with E-state index < -0.39 is 0 Å². The fraction of sp³-hybridized carbons (Fsp3) is 0.333. The standard InChI is InChI=1S/C12H12ClNO2S2/c1-16-11(15)10-7-18-12(17)14(10)6-8-2-4-9(13)5-3-8/h2-5,10H,6-7H2,1H3/t10-/m0/s1. The van der Waals surface area contributed by atoms with Crippen molar-refractivity contribution in [1.82, 2.24) is 4.90 Å². The zero-order valence-electron chi connectivity index (χ0n) is 9.76. The molecule has 0 N–H and O–H groups in total. The molecule has 0 spiro atoms. The minimum Gasteiger partial charge on any atom is -0.467 e. The van der Waals surface area contributed by atoms with Gasteiger partial charge in [0, 0.05) is 17.3 Å². The van der Waals surface area contributed by atoms with E-state index in [1.807, 2.05) is 29.2 Å². The highest BCUT2D eigenvalue weighted by Gasteiger charge is 2.35. The van der Waals surface area contributed by atoms with Crippen LogP contribution < -0.4 is 0 Å². The predicted octanol–water partition coefficient (Wildman–Crippen LogP) is 2.72. The highest BCUT2D eigenvalue weighted by atomic mass is 35.5. The Morgan fingerprint density at radius 1 is 1.56 bits per heavy atom. The van der Waals surface area contributed by atoms with Crippen LogP contribution in [0.2, 0.25) is 5.02 Å². The molecule has 0 amide bonds. The molecule has 1 aliphatic rings. The molecule has 1 aliphatic heterocycles. The topological polar surface area (TPSA) is 29.5 Å². The number of nitrogens with zero attached hydrogens (tertiary/aromatic N) is 1. The fourth-order valence-corrected chi connectivity index (χ4v) is 3.24. The molecule has 1 aromatic carbocycles. The van der Waals surface area contributed by atoms with Crippen LogP contribution >= 0.6 is 35.6 Å². The Morgan fingerprint density at radius 3 is 2.83 bits per heavy atom. The van der Waals surface area contributed by atoms with Crippen LogP contribution in [0.15, 0.2) is 24.3 Å². The van der Waals surface area contributed by atoms with Crippen LogP contribution in [0.1, 0.15) is 5.56 Å². The van der Waals surface area contributed by atoms with Crippen molar-refractivity contribution in [3.8, 4) is 0 Å². The van der Waals surface area contributed by atoms with Gasteiger partial charge in [-0.25, -0.2) is 4.79 Å². The van der Waals surface area contributed by atoms with Crippen LogP contribution in [0.3, 0.4) is 0 Å². The smallest absolute Gasteiger partial charge is 0.329 e. The maximum Gasteiger partial charge on any atom is 0.329 e. The first-order valence-corrected chi connectivity index (χ1v) is 7.14. The molecule has 1 aromatic rings. The minimum atomic E-state index is -0.289. The number of benzene rings is 1. The highest BCUT2D eigenvalue weighted by Crippen LogP contribution is 2.27. The Morgan fingerprint density at radius 2 is 2.22 bits per heavy atom. The zero-order valence-corrected chi connectivity index (χ0v) is 12.1. The van der Waals surface area contributed by atoms with Crippen molar-refractivity contribution >= 4 is 45.9 Å². The number of hydrogen-bond donors (Lipinski definition) is 0. The third kappa shape index (κ3) is 2.96. The largest absolute Gasteiger partial charge is 0.467 e. The molecule has 1 fully saturated rings. The molecule has 96 valence electrons. The maximum atomic E-state index is 11.7. The molecule has 1 saturated heterocycles. The van der Waals surface area contributed by atoms with Crippen LogP contribution in [0, 0.1) is 0 Å². The van der Waals surface area contributed by atoms with Crippen molar-refractivity contribution in [2.75, 3.05) is 12.9 Å². The Labute approximate surface area is 120 Å². The first-order chi connectivity index (χ1) is 8.61. The molecule has 0 aromatic heterocycles. The summed E-state index contributed by atoms with van der Waals surface area (Å²) in [6.07, 6.45) is 0. The van der Waals surface area contributed by atoms with E-state index in [0.29, 0.717) is 17.3 Å². The van der Waals surface area contributed by atoms with Gasteiger partial charge in [-0.1, -0.05) is 47.7 Å². The summed E-state index contributed by atoms with van der Waals surface area (Å²) in [5.41, 5.74) is 1.07. The van der Waals surface area contributed by atoms with Crippen molar-refractivity contribution in [3.05, 3.63) is 34.9 Å². The second kappa shape index (κ2) is 5.91. The van der Waals surface area contributed by atoms with Gasteiger partial charge in [-0.3, -0.25) is 0 Å². The number of esters is 1. The average Bonchev–Trinajstić information content (AvgIpc) is 2.73. The van der Waals surface area contributed by atoms with E-state index >= 15 is 0 Å². The highest BCUT2D eigenvalue weighted by molar-refractivity contribution is 8.23. The van der Waals surface area contributed by atoms with Gasteiger partial charge in [-0.05, 0) is 17.7 Å². The molecule has 0 bridgehead atoms. The average molecular weight is 302 g/mol. The van der Waals surface area contributed by atoms with Crippen molar-refractivity contribution in [1.29, 1.82) is 0 Å². The van der Waals surface area contributed by atoms with E-state index in [9.17, 15) is 4.79 Å². The van der Waals surface area contributed by atoms with Gasteiger partial charge in [-0.15, -0.1) is 0 Å². The second-order valence-electron chi connectivity index (χ2n) is 3.87. The van der Waals surface area contributed by atoms with Crippen molar-refractivity contribution in [2.45, 2.75) is 12.6 Å². The van der Waals surface area contributed by atoms with E-state index in [2.05, 4.69) is 0 Å². The molecule has 3 nitrogen and oxygen atoms in total. The van der Waals surface area contributed by atoms with Gasteiger partial charge in [0.05, 0.1) is 7.11 Å². The van der Waals surface area contributed by atoms with E-state index in [1.54, 1.807) is 0 Å². The lowest BCUT2D eigenvalue weighted by Gasteiger charge is -2.23. The summed E-state index contributed by atoms with van der Waals surface area (Å²) in [6.45, 7) is 0.600. The van der Waals surface area contributed by atoms with Gasteiger partial charge in [0.2, 0.25) is 0 Å². The second-order valence-corrected chi connectivity index (χ2v) is 5.96. The summed E-state index contributed by atoms with van der Waals surface area (Å²) in [7, 11) is 1.40. The van der Waals surface area contributed by atoms with Crippen molar-refractivity contribution < 1.29 is 9.53 Å². The van der Waals surface area contributed by atoms with Gasteiger partial charge < -0.3 is 9.64 Å². The molecule has 1 heterocycles. The lowest BCUT2D eigenvalue weighted by molar-refractivity contribution is -0.144. The Kier molecular flexibility index (Phi) is 4.48. The van der Waals surface area contributed by atoms with Gasteiger partial charge >= 0.3 is 5.97 Å².